The van der Waals surface area contributed by atoms with E-state index in [1.165, 1.54) is 48.4 Å². The van der Waals surface area contributed by atoms with E-state index in [4.69, 9.17) is 0 Å². The number of carbonyl (C=O) groups is 1. The first-order valence-electron chi connectivity index (χ1n) is 12.2. The fraction of sp³-hybridized carbons (Fsp3) is 0.519. The van der Waals surface area contributed by atoms with Crippen molar-refractivity contribution in [1.29, 1.82) is 0 Å². The Kier molecular flexibility index (Phi) is 5.98. The van der Waals surface area contributed by atoms with Crippen molar-refractivity contribution in [2.45, 2.75) is 50.4 Å². The fourth-order valence-electron chi connectivity index (χ4n) is 7.02. The van der Waals surface area contributed by atoms with Crippen LogP contribution in [-0.2, 0) is 26.7 Å². The number of sulfonamides is 1. The maximum absolute atomic E-state index is 12.5. The molecule has 1 amide bonds. The van der Waals surface area contributed by atoms with Crippen LogP contribution < -0.4 is 9.62 Å². The molecule has 0 aliphatic heterocycles. The molecule has 0 unspecified atom stereocenters. The first-order chi connectivity index (χ1) is 15.8. The molecule has 4 aliphatic rings. The van der Waals surface area contributed by atoms with Gasteiger partial charge in [-0.2, -0.15) is 0 Å². The number of anilines is 1. The molecule has 4 saturated carbocycles. The summed E-state index contributed by atoms with van der Waals surface area (Å²) in [6, 6.07) is 18.0. The Morgan fingerprint density at radius 1 is 0.939 bits per heavy atom. The summed E-state index contributed by atoms with van der Waals surface area (Å²) in [6.07, 6.45) is 9.91. The topological polar surface area (TPSA) is 66.5 Å². The zero-order chi connectivity index (χ0) is 23.1. The molecule has 0 atom stereocenters. The summed E-state index contributed by atoms with van der Waals surface area (Å²) in [6.45, 7) is 0.274. The lowest BCUT2D eigenvalue weighted by Crippen LogP contribution is -2.48. The highest BCUT2D eigenvalue weighted by molar-refractivity contribution is 7.92. The maximum atomic E-state index is 12.5. The third-order valence-corrected chi connectivity index (χ3v) is 9.21. The van der Waals surface area contributed by atoms with Crippen LogP contribution in [-0.4, -0.2) is 33.7 Å². The third-order valence-electron chi connectivity index (χ3n) is 8.07. The number of nitrogens with zero attached hydrogens (tertiary/aromatic N) is 1. The molecule has 5 nitrogen and oxygen atoms in total. The van der Waals surface area contributed by atoms with E-state index in [9.17, 15) is 13.2 Å². The molecule has 2 aromatic carbocycles. The zero-order valence-electron chi connectivity index (χ0n) is 19.4. The molecule has 6 rings (SSSR count). The standard InChI is InChI=1S/C27H34N2O3S/c1-33(31,32)29(19-26(30)28-12-11-20-5-3-2-4-6-20)25-9-7-24(8-10-25)27-16-21-13-22(17-27)15-23(14-21)18-27/h2-10,21-23H,11-19H2,1H3,(H,28,30). The number of benzene rings is 2. The Labute approximate surface area is 197 Å². The average Bonchev–Trinajstić information content (AvgIpc) is 2.77. The number of hydrogen-bond donors (Lipinski definition) is 1. The van der Waals surface area contributed by atoms with Gasteiger partial charge in [-0.1, -0.05) is 42.5 Å². The molecule has 4 aliphatic carbocycles. The van der Waals surface area contributed by atoms with Crippen molar-refractivity contribution in [2.75, 3.05) is 23.7 Å². The Balaban J connectivity index is 1.26. The molecule has 0 aromatic heterocycles. The summed E-state index contributed by atoms with van der Waals surface area (Å²) in [5, 5.41) is 2.86. The first-order valence-corrected chi connectivity index (χ1v) is 14.0. The second-order valence-corrected chi connectivity index (χ2v) is 12.5. The van der Waals surface area contributed by atoms with E-state index in [1.54, 1.807) is 0 Å². The van der Waals surface area contributed by atoms with Gasteiger partial charge in [-0.15, -0.1) is 0 Å². The number of carbonyl (C=O) groups excluding carboxylic acids is 1. The van der Waals surface area contributed by atoms with Gasteiger partial charge in [0.25, 0.3) is 0 Å². The van der Waals surface area contributed by atoms with Gasteiger partial charge in [0.05, 0.1) is 11.9 Å². The minimum absolute atomic E-state index is 0.204. The van der Waals surface area contributed by atoms with Crippen molar-refractivity contribution in [2.24, 2.45) is 17.8 Å². The number of amides is 1. The van der Waals surface area contributed by atoms with Gasteiger partial charge in [0.1, 0.15) is 6.54 Å². The van der Waals surface area contributed by atoms with Crippen LogP contribution in [0.2, 0.25) is 0 Å². The molecule has 0 spiro atoms. The summed E-state index contributed by atoms with van der Waals surface area (Å²) in [7, 11) is -3.58. The van der Waals surface area contributed by atoms with Crippen molar-refractivity contribution in [3.05, 3.63) is 65.7 Å². The largest absolute Gasteiger partial charge is 0.354 e. The molecule has 6 heteroatoms. The van der Waals surface area contributed by atoms with Crippen LogP contribution in [0.3, 0.4) is 0 Å². The van der Waals surface area contributed by atoms with Gasteiger partial charge >= 0.3 is 0 Å². The van der Waals surface area contributed by atoms with Crippen LogP contribution in [0.4, 0.5) is 5.69 Å². The monoisotopic (exact) mass is 466 g/mol. The molecule has 33 heavy (non-hydrogen) atoms. The predicted molar refractivity (Wildman–Crippen MR) is 132 cm³/mol. The Morgan fingerprint density at radius 3 is 2.06 bits per heavy atom. The number of hydrogen-bond acceptors (Lipinski definition) is 3. The molecule has 0 saturated heterocycles. The second kappa shape index (κ2) is 8.79. The van der Waals surface area contributed by atoms with E-state index in [0.29, 0.717) is 18.7 Å². The lowest BCUT2D eigenvalue weighted by molar-refractivity contribution is -0.119. The van der Waals surface area contributed by atoms with Crippen molar-refractivity contribution >= 4 is 21.6 Å². The lowest BCUT2D eigenvalue weighted by Gasteiger charge is -2.57. The summed E-state index contributed by atoms with van der Waals surface area (Å²) >= 11 is 0. The van der Waals surface area contributed by atoms with E-state index in [1.807, 2.05) is 42.5 Å². The second-order valence-electron chi connectivity index (χ2n) is 10.6. The average molecular weight is 467 g/mol. The number of rotatable bonds is 8. The predicted octanol–water partition coefficient (Wildman–Crippen LogP) is 4.28. The van der Waals surface area contributed by atoms with Gasteiger partial charge in [-0.25, -0.2) is 8.42 Å². The minimum Gasteiger partial charge on any atom is -0.354 e. The van der Waals surface area contributed by atoms with Gasteiger partial charge < -0.3 is 5.32 Å². The van der Waals surface area contributed by atoms with Crippen molar-refractivity contribution in [1.82, 2.24) is 5.32 Å². The highest BCUT2D eigenvalue weighted by atomic mass is 32.2. The van der Waals surface area contributed by atoms with Gasteiger partial charge in [0.2, 0.25) is 15.9 Å². The molecule has 4 bridgehead atoms. The highest BCUT2D eigenvalue weighted by Gasteiger charge is 2.51. The molecule has 0 heterocycles. The molecular formula is C27H34N2O3S. The summed E-state index contributed by atoms with van der Waals surface area (Å²) in [5.74, 6) is 2.30. The normalized spacial score (nSPS) is 28.0. The first kappa shape index (κ1) is 22.5. The van der Waals surface area contributed by atoms with E-state index in [0.717, 1.165) is 29.6 Å². The summed E-state index contributed by atoms with van der Waals surface area (Å²) in [5.41, 5.74) is 3.33. The quantitative estimate of drug-likeness (QED) is 0.632. The van der Waals surface area contributed by atoms with Gasteiger partial charge in [-0.3, -0.25) is 9.10 Å². The molecule has 4 fully saturated rings. The van der Waals surface area contributed by atoms with Gasteiger partial charge in [-0.05, 0) is 91.4 Å². The van der Waals surface area contributed by atoms with Crippen molar-refractivity contribution in [3.63, 3.8) is 0 Å². The van der Waals surface area contributed by atoms with E-state index in [2.05, 4.69) is 17.4 Å². The molecule has 2 aromatic rings. The van der Waals surface area contributed by atoms with E-state index in [-0.39, 0.29) is 17.9 Å². The Hall–Kier alpha value is -2.34. The van der Waals surface area contributed by atoms with Crippen LogP contribution in [0, 0.1) is 17.8 Å². The lowest BCUT2D eigenvalue weighted by atomic mass is 9.48. The van der Waals surface area contributed by atoms with Crippen molar-refractivity contribution in [3.8, 4) is 0 Å². The van der Waals surface area contributed by atoms with Gasteiger partial charge in [0.15, 0.2) is 0 Å². The highest BCUT2D eigenvalue weighted by Crippen LogP contribution is 2.60. The fourth-order valence-corrected chi connectivity index (χ4v) is 7.88. The summed E-state index contributed by atoms with van der Waals surface area (Å²) < 4.78 is 26.2. The van der Waals surface area contributed by atoms with Gasteiger partial charge in [0, 0.05) is 6.54 Å². The zero-order valence-corrected chi connectivity index (χ0v) is 20.2. The molecule has 176 valence electrons. The van der Waals surface area contributed by atoms with Crippen LogP contribution >= 0.6 is 0 Å². The number of nitrogens with one attached hydrogen (secondary N) is 1. The minimum atomic E-state index is -3.58. The smallest absolute Gasteiger partial charge is 0.240 e. The molecular weight excluding hydrogens is 432 g/mol. The summed E-state index contributed by atoms with van der Waals surface area (Å²) in [4.78, 5) is 12.5. The Morgan fingerprint density at radius 2 is 1.52 bits per heavy atom. The SMILES string of the molecule is CS(=O)(=O)N(CC(=O)NCCc1ccccc1)c1ccc(C23CC4CC(CC(C4)C2)C3)cc1. The van der Waals surface area contributed by atoms with Crippen molar-refractivity contribution < 1.29 is 13.2 Å². The van der Waals surface area contributed by atoms with Crippen LogP contribution in [0.1, 0.15) is 49.7 Å². The maximum Gasteiger partial charge on any atom is 0.240 e. The Bertz CT molecular complexity index is 1060. The van der Waals surface area contributed by atoms with E-state index >= 15 is 0 Å². The van der Waals surface area contributed by atoms with E-state index < -0.39 is 10.0 Å². The third kappa shape index (κ3) is 4.81. The van der Waals surface area contributed by atoms with Crippen LogP contribution in [0.5, 0.6) is 0 Å². The van der Waals surface area contributed by atoms with Crippen LogP contribution in [0.15, 0.2) is 54.6 Å². The molecule has 0 radical (unpaired) electrons. The van der Waals surface area contributed by atoms with Crippen LogP contribution in [0.25, 0.3) is 0 Å². The molecule has 1 N–H and O–H groups in total.